The Morgan fingerprint density at radius 3 is 2.53 bits per heavy atom. The van der Waals surface area contributed by atoms with Gasteiger partial charge in [0.1, 0.15) is 0 Å². The van der Waals surface area contributed by atoms with Crippen molar-refractivity contribution in [3.63, 3.8) is 0 Å². The van der Waals surface area contributed by atoms with E-state index in [0.717, 1.165) is 24.9 Å². The molecule has 5 heteroatoms. The van der Waals surface area contributed by atoms with E-state index in [2.05, 4.69) is 5.32 Å². The Labute approximate surface area is 103 Å². The summed E-state index contributed by atoms with van der Waals surface area (Å²) in [5.41, 5.74) is 0.822. The highest BCUT2D eigenvalue weighted by atomic mass is 32.2. The highest BCUT2D eigenvalue weighted by Gasteiger charge is 2.25. The zero-order valence-electron chi connectivity index (χ0n) is 10.0. The third kappa shape index (κ3) is 2.61. The summed E-state index contributed by atoms with van der Waals surface area (Å²) < 4.78 is 26.3. The average Bonchev–Trinajstić information content (AvgIpc) is 2.40. The van der Waals surface area contributed by atoms with Gasteiger partial charge in [0.25, 0.3) is 0 Å². The number of hydrogen-bond donors (Lipinski definition) is 1. The average molecular weight is 254 g/mol. The predicted octanol–water partition coefficient (Wildman–Crippen LogP) is 1.90. The second-order valence-electron chi connectivity index (χ2n) is 4.24. The minimum atomic E-state index is -3.30. The predicted molar refractivity (Wildman–Crippen MR) is 68.6 cm³/mol. The lowest BCUT2D eigenvalue weighted by molar-refractivity contribution is 0.346. The summed E-state index contributed by atoms with van der Waals surface area (Å²) in [5, 5.41) is 2.96. The van der Waals surface area contributed by atoms with Crippen LogP contribution in [0.4, 0.5) is 5.69 Å². The van der Waals surface area contributed by atoms with E-state index in [1.165, 1.54) is 0 Å². The van der Waals surface area contributed by atoms with Crippen molar-refractivity contribution >= 4 is 15.7 Å². The lowest BCUT2D eigenvalue weighted by Crippen LogP contribution is -2.35. The lowest BCUT2D eigenvalue weighted by Gasteiger charge is -2.26. The molecule has 1 aliphatic rings. The first-order chi connectivity index (χ1) is 8.14. The zero-order chi connectivity index (χ0) is 12.3. The SMILES string of the molecule is CNc1cccc(S(=O)(=O)N2CCCCC2)c1. The van der Waals surface area contributed by atoms with Crippen molar-refractivity contribution in [1.29, 1.82) is 0 Å². The lowest BCUT2D eigenvalue weighted by atomic mass is 10.2. The summed E-state index contributed by atoms with van der Waals surface area (Å²) in [5.74, 6) is 0. The molecule has 17 heavy (non-hydrogen) atoms. The van der Waals surface area contributed by atoms with Crippen LogP contribution < -0.4 is 5.32 Å². The number of nitrogens with one attached hydrogen (secondary N) is 1. The Hall–Kier alpha value is -1.07. The van der Waals surface area contributed by atoms with E-state index < -0.39 is 10.0 Å². The molecule has 2 rings (SSSR count). The quantitative estimate of drug-likeness (QED) is 0.896. The molecule has 4 nitrogen and oxygen atoms in total. The first kappa shape index (κ1) is 12.4. The largest absolute Gasteiger partial charge is 0.388 e. The van der Waals surface area contributed by atoms with Crippen molar-refractivity contribution in [1.82, 2.24) is 4.31 Å². The first-order valence-electron chi connectivity index (χ1n) is 5.92. The van der Waals surface area contributed by atoms with Gasteiger partial charge in [0, 0.05) is 25.8 Å². The third-order valence-electron chi connectivity index (χ3n) is 3.08. The topological polar surface area (TPSA) is 49.4 Å². The molecule has 1 N–H and O–H groups in total. The molecule has 0 saturated carbocycles. The van der Waals surface area contributed by atoms with Gasteiger partial charge in [-0.3, -0.25) is 0 Å². The Balaban J connectivity index is 2.29. The van der Waals surface area contributed by atoms with Crippen LogP contribution in [0.15, 0.2) is 29.2 Å². The summed E-state index contributed by atoms with van der Waals surface area (Å²) in [6.07, 6.45) is 3.05. The maximum atomic E-state index is 12.4. The van der Waals surface area contributed by atoms with Crippen LogP contribution in [0.25, 0.3) is 0 Å². The van der Waals surface area contributed by atoms with Crippen molar-refractivity contribution in [3.05, 3.63) is 24.3 Å². The van der Waals surface area contributed by atoms with Gasteiger partial charge in [0.2, 0.25) is 10.0 Å². The van der Waals surface area contributed by atoms with Crippen molar-refractivity contribution in [2.24, 2.45) is 0 Å². The molecule has 1 heterocycles. The van der Waals surface area contributed by atoms with Gasteiger partial charge in [0.15, 0.2) is 0 Å². The van der Waals surface area contributed by atoms with Gasteiger partial charge in [-0.05, 0) is 31.0 Å². The van der Waals surface area contributed by atoms with Crippen LogP contribution in [0.3, 0.4) is 0 Å². The maximum absolute atomic E-state index is 12.4. The highest BCUT2D eigenvalue weighted by molar-refractivity contribution is 7.89. The Kier molecular flexibility index (Phi) is 3.69. The molecule has 1 aromatic carbocycles. The fourth-order valence-electron chi connectivity index (χ4n) is 2.07. The smallest absolute Gasteiger partial charge is 0.243 e. The molecule has 1 aliphatic heterocycles. The second kappa shape index (κ2) is 5.06. The van der Waals surface area contributed by atoms with Crippen molar-refractivity contribution in [3.8, 4) is 0 Å². The Morgan fingerprint density at radius 2 is 1.88 bits per heavy atom. The van der Waals surface area contributed by atoms with Crippen molar-refractivity contribution in [2.75, 3.05) is 25.5 Å². The van der Waals surface area contributed by atoms with Gasteiger partial charge in [-0.1, -0.05) is 12.5 Å². The van der Waals surface area contributed by atoms with Gasteiger partial charge in [-0.25, -0.2) is 8.42 Å². The van der Waals surface area contributed by atoms with Crippen molar-refractivity contribution in [2.45, 2.75) is 24.2 Å². The molecule has 94 valence electrons. The molecule has 0 spiro atoms. The van der Waals surface area contributed by atoms with Gasteiger partial charge in [-0.2, -0.15) is 4.31 Å². The van der Waals surface area contributed by atoms with Gasteiger partial charge in [-0.15, -0.1) is 0 Å². The van der Waals surface area contributed by atoms with Gasteiger partial charge in [0.05, 0.1) is 4.90 Å². The number of nitrogens with zero attached hydrogens (tertiary/aromatic N) is 1. The molecular weight excluding hydrogens is 236 g/mol. The molecule has 1 fully saturated rings. The third-order valence-corrected chi connectivity index (χ3v) is 4.97. The van der Waals surface area contributed by atoms with Crippen LogP contribution >= 0.6 is 0 Å². The van der Waals surface area contributed by atoms with E-state index in [0.29, 0.717) is 18.0 Å². The Morgan fingerprint density at radius 1 is 1.18 bits per heavy atom. The molecule has 0 aliphatic carbocycles. The number of rotatable bonds is 3. The first-order valence-corrected chi connectivity index (χ1v) is 7.36. The van der Waals surface area contributed by atoms with Gasteiger partial charge < -0.3 is 5.32 Å². The van der Waals surface area contributed by atoms with Gasteiger partial charge >= 0.3 is 0 Å². The number of benzene rings is 1. The normalized spacial score (nSPS) is 17.9. The minimum absolute atomic E-state index is 0.381. The van der Waals surface area contributed by atoms with Crippen LogP contribution in [0.1, 0.15) is 19.3 Å². The molecule has 0 aromatic heterocycles. The van der Waals surface area contributed by atoms with E-state index >= 15 is 0 Å². The summed E-state index contributed by atoms with van der Waals surface area (Å²) in [6.45, 7) is 1.29. The fourth-order valence-corrected chi connectivity index (χ4v) is 3.63. The molecule has 0 atom stereocenters. The monoisotopic (exact) mass is 254 g/mol. The number of anilines is 1. The highest BCUT2D eigenvalue weighted by Crippen LogP contribution is 2.22. The molecule has 0 amide bonds. The molecule has 0 radical (unpaired) electrons. The second-order valence-corrected chi connectivity index (χ2v) is 6.18. The van der Waals surface area contributed by atoms with E-state index in [4.69, 9.17) is 0 Å². The number of sulfonamides is 1. The van der Waals surface area contributed by atoms with Crippen molar-refractivity contribution < 1.29 is 8.42 Å². The Bertz CT molecular complexity index is 479. The fraction of sp³-hybridized carbons (Fsp3) is 0.500. The van der Waals surface area contributed by atoms with Crippen LogP contribution in [-0.4, -0.2) is 32.9 Å². The van der Waals surface area contributed by atoms with E-state index in [9.17, 15) is 8.42 Å². The van der Waals surface area contributed by atoms with Crippen LogP contribution in [0.2, 0.25) is 0 Å². The minimum Gasteiger partial charge on any atom is -0.388 e. The summed E-state index contributed by atoms with van der Waals surface area (Å²) in [4.78, 5) is 0.381. The molecule has 1 saturated heterocycles. The van der Waals surface area contributed by atoms with Crippen LogP contribution in [-0.2, 0) is 10.0 Å². The van der Waals surface area contributed by atoms with E-state index in [-0.39, 0.29) is 0 Å². The van der Waals surface area contributed by atoms with E-state index in [1.54, 1.807) is 29.6 Å². The number of hydrogen-bond acceptors (Lipinski definition) is 3. The standard InChI is InChI=1S/C12H18N2O2S/c1-13-11-6-5-7-12(10-11)17(15,16)14-8-3-2-4-9-14/h5-7,10,13H,2-4,8-9H2,1H3. The summed E-state index contributed by atoms with van der Waals surface area (Å²) in [6, 6.07) is 6.96. The number of piperidine rings is 1. The van der Waals surface area contributed by atoms with Crippen LogP contribution in [0, 0.1) is 0 Å². The van der Waals surface area contributed by atoms with Crippen LogP contribution in [0.5, 0.6) is 0 Å². The molecule has 0 bridgehead atoms. The molecular formula is C12H18N2O2S. The zero-order valence-corrected chi connectivity index (χ0v) is 10.8. The summed E-state index contributed by atoms with van der Waals surface area (Å²) in [7, 11) is -1.52. The summed E-state index contributed by atoms with van der Waals surface area (Å²) >= 11 is 0. The maximum Gasteiger partial charge on any atom is 0.243 e. The molecule has 1 aromatic rings. The van der Waals surface area contributed by atoms with E-state index in [1.807, 2.05) is 6.07 Å². The molecule has 0 unspecified atom stereocenters.